The van der Waals surface area contributed by atoms with Gasteiger partial charge in [0.15, 0.2) is 11.9 Å². The molecule has 0 saturated carbocycles. The first-order valence-corrected chi connectivity index (χ1v) is 12.5. The first-order chi connectivity index (χ1) is 16.3. The summed E-state index contributed by atoms with van der Waals surface area (Å²) in [4.78, 5) is 36.6. The smallest absolute Gasteiger partial charge is 0.356 e. The Labute approximate surface area is 203 Å². The number of Topliss-reactive ketones (excluding diaryl/α,β-unsaturated/α-hetero) is 1. The van der Waals surface area contributed by atoms with Crippen LogP contribution in [-0.2, 0) is 33.3 Å². The number of hydrogen-bond donors (Lipinski definition) is 0. The quantitative estimate of drug-likeness (QED) is 0.140. The molecule has 0 aliphatic carbocycles. The fourth-order valence-electron chi connectivity index (χ4n) is 3.82. The molecule has 2 aliphatic heterocycles. The molecule has 0 aromatic carbocycles. The van der Waals surface area contributed by atoms with Gasteiger partial charge in [0.2, 0.25) is 5.78 Å². The number of cyclic esters (lactones) is 1. The summed E-state index contributed by atoms with van der Waals surface area (Å²) in [5, 5.41) is 0. The molecule has 0 aromatic rings. The van der Waals surface area contributed by atoms with Crippen molar-refractivity contribution in [1.29, 1.82) is 0 Å². The Hall–Kier alpha value is -2.25. The van der Waals surface area contributed by atoms with E-state index in [2.05, 4.69) is 43.4 Å². The molecule has 3 atom stereocenters. The molecule has 0 N–H and O–H groups in total. The topological polar surface area (TPSA) is 88.1 Å². The molecule has 3 unspecified atom stereocenters. The Bertz CT molecular complexity index is 750. The van der Waals surface area contributed by atoms with E-state index in [9.17, 15) is 14.4 Å². The van der Waals surface area contributed by atoms with Crippen molar-refractivity contribution in [2.24, 2.45) is 0 Å². The summed E-state index contributed by atoms with van der Waals surface area (Å²) < 4.78 is 21.2. The Kier molecular flexibility index (Phi) is 12.3. The number of rotatable bonds is 15. The molecule has 0 bridgehead atoms. The van der Waals surface area contributed by atoms with Gasteiger partial charge in [-0.1, -0.05) is 62.6 Å². The van der Waals surface area contributed by atoms with Gasteiger partial charge in [-0.05, 0) is 52.4 Å². The lowest BCUT2D eigenvalue weighted by molar-refractivity contribution is -0.166. The van der Waals surface area contributed by atoms with Gasteiger partial charge >= 0.3 is 11.9 Å². The highest BCUT2D eigenvalue weighted by molar-refractivity contribution is 6.10. The monoisotopic (exact) mass is 476 g/mol. The second kappa shape index (κ2) is 14.9. The number of esters is 2. The van der Waals surface area contributed by atoms with Crippen molar-refractivity contribution in [2.45, 2.75) is 109 Å². The molecule has 2 aliphatic rings. The van der Waals surface area contributed by atoms with Crippen LogP contribution < -0.4 is 0 Å². The molecule has 2 rings (SSSR count). The summed E-state index contributed by atoms with van der Waals surface area (Å²) in [7, 11) is 0. The van der Waals surface area contributed by atoms with E-state index >= 15 is 0 Å². The third kappa shape index (κ3) is 9.94. The lowest BCUT2D eigenvalue weighted by Gasteiger charge is -2.19. The number of carbonyl (C=O) groups is 3. The molecule has 2 heterocycles. The van der Waals surface area contributed by atoms with Gasteiger partial charge in [0, 0.05) is 6.42 Å². The van der Waals surface area contributed by atoms with Crippen LogP contribution in [0.3, 0.4) is 0 Å². The maximum atomic E-state index is 12.5. The van der Waals surface area contributed by atoms with Crippen LogP contribution in [0.1, 0.15) is 85.0 Å². The molecule has 0 amide bonds. The Morgan fingerprint density at radius 1 is 0.971 bits per heavy atom. The normalized spacial score (nSPS) is 24.6. The minimum absolute atomic E-state index is 0.140. The van der Waals surface area contributed by atoms with E-state index < -0.39 is 41.8 Å². The summed E-state index contributed by atoms with van der Waals surface area (Å²) in [6.45, 7) is 5.71. The van der Waals surface area contributed by atoms with Gasteiger partial charge in [0.05, 0.1) is 6.61 Å². The molecule has 190 valence electrons. The van der Waals surface area contributed by atoms with Crippen molar-refractivity contribution in [3.8, 4) is 0 Å². The highest BCUT2D eigenvalue weighted by Crippen LogP contribution is 2.29. The van der Waals surface area contributed by atoms with Gasteiger partial charge in [0.25, 0.3) is 6.10 Å². The average Bonchev–Trinajstić information content (AvgIpc) is 3.29. The fraction of sp³-hybridized carbons (Fsp3) is 0.667. The molecular formula is C27H40O7. The highest BCUT2D eigenvalue weighted by atomic mass is 16.8. The Balaban J connectivity index is 1.51. The lowest BCUT2D eigenvalue weighted by Crippen LogP contribution is -2.38. The number of hydrogen-bond acceptors (Lipinski definition) is 7. The van der Waals surface area contributed by atoms with E-state index in [-0.39, 0.29) is 13.0 Å². The van der Waals surface area contributed by atoms with Gasteiger partial charge in [-0.15, -0.1) is 0 Å². The maximum Gasteiger partial charge on any atom is 0.356 e. The molecule has 7 nitrogen and oxygen atoms in total. The second-order valence-electron chi connectivity index (χ2n) is 9.10. The van der Waals surface area contributed by atoms with Crippen LogP contribution in [0.5, 0.6) is 0 Å². The lowest BCUT2D eigenvalue weighted by atomic mass is 10.1. The molecule has 34 heavy (non-hydrogen) atoms. The first-order valence-electron chi connectivity index (χ1n) is 12.5. The summed E-state index contributed by atoms with van der Waals surface area (Å²) in [5.41, 5.74) is 0. The minimum atomic E-state index is -1.50. The second-order valence-corrected chi connectivity index (χ2v) is 9.10. The van der Waals surface area contributed by atoms with E-state index in [0.29, 0.717) is 6.42 Å². The van der Waals surface area contributed by atoms with Gasteiger partial charge in [-0.2, -0.15) is 0 Å². The van der Waals surface area contributed by atoms with Crippen molar-refractivity contribution in [1.82, 2.24) is 0 Å². The number of allylic oxidation sites excluding steroid dienone is 6. The predicted molar refractivity (Wildman–Crippen MR) is 129 cm³/mol. The Morgan fingerprint density at radius 2 is 1.62 bits per heavy atom. The zero-order valence-corrected chi connectivity index (χ0v) is 20.8. The van der Waals surface area contributed by atoms with Crippen molar-refractivity contribution in [2.75, 3.05) is 6.61 Å². The fourth-order valence-corrected chi connectivity index (χ4v) is 3.82. The molecule has 0 aromatic heterocycles. The van der Waals surface area contributed by atoms with Crippen LogP contribution >= 0.6 is 0 Å². The number of unbranched alkanes of at least 4 members (excludes halogenated alkanes) is 5. The van der Waals surface area contributed by atoms with E-state index in [0.717, 1.165) is 51.4 Å². The maximum absolute atomic E-state index is 12.5. The zero-order valence-electron chi connectivity index (χ0n) is 20.8. The van der Waals surface area contributed by atoms with Crippen LogP contribution in [-0.4, -0.2) is 48.4 Å². The van der Waals surface area contributed by atoms with E-state index in [4.69, 9.17) is 18.9 Å². The molecule has 2 fully saturated rings. The van der Waals surface area contributed by atoms with Crippen LogP contribution in [0.25, 0.3) is 0 Å². The third-order valence-electron chi connectivity index (χ3n) is 5.65. The minimum Gasteiger partial charge on any atom is -0.448 e. The Morgan fingerprint density at radius 3 is 2.29 bits per heavy atom. The van der Waals surface area contributed by atoms with Gasteiger partial charge in [-0.25, -0.2) is 4.79 Å². The van der Waals surface area contributed by atoms with Crippen molar-refractivity contribution < 1.29 is 33.3 Å². The third-order valence-corrected chi connectivity index (χ3v) is 5.65. The molecule has 0 radical (unpaired) electrons. The van der Waals surface area contributed by atoms with Crippen LogP contribution in [0.15, 0.2) is 36.5 Å². The summed E-state index contributed by atoms with van der Waals surface area (Å²) in [6.07, 6.45) is 19.0. The summed E-state index contributed by atoms with van der Waals surface area (Å²) >= 11 is 0. The highest BCUT2D eigenvalue weighted by Gasteiger charge is 2.53. The van der Waals surface area contributed by atoms with Crippen molar-refractivity contribution >= 4 is 17.7 Å². The number of ether oxygens (including phenoxy) is 4. The summed E-state index contributed by atoms with van der Waals surface area (Å²) in [5.74, 6) is -2.82. The largest absolute Gasteiger partial charge is 0.448 e. The molecular weight excluding hydrogens is 436 g/mol. The first kappa shape index (κ1) is 28.0. The van der Waals surface area contributed by atoms with Crippen LogP contribution in [0.2, 0.25) is 0 Å². The van der Waals surface area contributed by atoms with Gasteiger partial charge < -0.3 is 18.9 Å². The van der Waals surface area contributed by atoms with Crippen LogP contribution in [0, 0.1) is 0 Å². The van der Waals surface area contributed by atoms with E-state index in [1.54, 1.807) is 13.8 Å². The van der Waals surface area contributed by atoms with Gasteiger partial charge in [-0.3, -0.25) is 9.59 Å². The SMILES string of the molecule is CCC=CCC=CCC=CCCCCCCCC(=O)OC1C(=O)OC(C2COC(C)(C)O2)C1=O. The summed E-state index contributed by atoms with van der Waals surface area (Å²) in [6, 6.07) is 0. The van der Waals surface area contributed by atoms with Gasteiger partial charge in [0.1, 0.15) is 6.10 Å². The standard InChI is InChI=1S/C27H40O7/c1-4-5-6-7-8-9-10-11-12-13-14-15-16-17-18-19-22(28)32-25-23(29)24(33-26(25)30)21-20-31-27(2,3)34-21/h5-6,8-9,11-12,21,24-25H,4,7,10,13-20H2,1-3H3. The predicted octanol–water partition coefficient (Wildman–Crippen LogP) is 5.13. The van der Waals surface area contributed by atoms with Crippen molar-refractivity contribution in [3.05, 3.63) is 36.5 Å². The molecule has 0 spiro atoms. The molecule has 2 saturated heterocycles. The van der Waals surface area contributed by atoms with Crippen molar-refractivity contribution in [3.63, 3.8) is 0 Å². The molecule has 7 heteroatoms. The van der Waals surface area contributed by atoms with Crippen LogP contribution in [0.4, 0.5) is 0 Å². The number of carbonyl (C=O) groups excluding carboxylic acids is 3. The van der Waals surface area contributed by atoms with E-state index in [1.807, 2.05) is 0 Å². The average molecular weight is 477 g/mol. The number of ketones is 1. The van der Waals surface area contributed by atoms with E-state index in [1.165, 1.54) is 0 Å². The zero-order chi connectivity index (χ0) is 24.8.